The first-order chi connectivity index (χ1) is 9.06. The molecule has 1 aromatic heterocycles. The van der Waals surface area contributed by atoms with Crippen molar-refractivity contribution in [3.63, 3.8) is 0 Å². The lowest BCUT2D eigenvalue weighted by Gasteiger charge is -2.37. The predicted molar refractivity (Wildman–Crippen MR) is 76.0 cm³/mol. The molecule has 4 nitrogen and oxygen atoms in total. The normalized spacial score (nSPS) is 16.9. The molecule has 1 fully saturated rings. The van der Waals surface area contributed by atoms with Crippen LogP contribution in [0.5, 0.6) is 0 Å². The number of carbonyl (C=O) groups is 1. The minimum Gasteiger partial charge on any atom is -0.340 e. The standard InChI is InChI=1S/C15H23N3O/c1-12(2)17-6-8-18(9-7-17)15(19)10-14-5-4-13(3)16-11-14/h4-5,11-12H,6-10H2,1-3H3. The first-order valence-electron chi connectivity index (χ1n) is 6.99. The fourth-order valence-corrected chi connectivity index (χ4v) is 2.38. The smallest absolute Gasteiger partial charge is 0.227 e. The molecular formula is C15H23N3O. The number of carbonyl (C=O) groups excluding carboxylic acids is 1. The first-order valence-corrected chi connectivity index (χ1v) is 6.99. The molecule has 0 radical (unpaired) electrons. The van der Waals surface area contributed by atoms with Crippen LogP contribution < -0.4 is 0 Å². The van der Waals surface area contributed by atoms with E-state index in [0.717, 1.165) is 37.4 Å². The number of amides is 1. The Balaban J connectivity index is 1.86. The van der Waals surface area contributed by atoms with Gasteiger partial charge in [-0.25, -0.2) is 0 Å². The largest absolute Gasteiger partial charge is 0.340 e. The molecule has 104 valence electrons. The summed E-state index contributed by atoms with van der Waals surface area (Å²) in [6, 6.07) is 4.52. The minimum absolute atomic E-state index is 0.217. The third kappa shape index (κ3) is 3.77. The quantitative estimate of drug-likeness (QED) is 0.827. The monoisotopic (exact) mass is 261 g/mol. The van der Waals surface area contributed by atoms with Gasteiger partial charge in [-0.2, -0.15) is 0 Å². The number of hydrogen-bond donors (Lipinski definition) is 0. The van der Waals surface area contributed by atoms with Crippen molar-refractivity contribution in [1.82, 2.24) is 14.8 Å². The van der Waals surface area contributed by atoms with Crippen LogP contribution in [0.1, 0.15) is 25.1 Å². The lowest BCUT2D eigenvalue weighted by molar-refractivity contribution is -0.132. The lowest BCUT2D eigenvalue weighted by Crippen LogP contribution is -2.51. The average Bonchev–Trinajstić information content (AvgIpc) is 2.41. The van der Waals surface area contributed by atoms with Crippen LogP contribution in [0.3, 0.4) is 0 Å². The molecule has 0 aliphatic carbocycles. The summed E-state index contributed by atoms with van der Waals surface area (Å²) < 4.78 is 0. The second-order valence-electron chi connectivity index (χ2n) is 5.50. The molecule has 4 heteroatoms. The molecular weight excluding hydrogens is 238 g/mol. The molecule has 1 aromatic rings. The Kier molecular flexibility index (Phi) is 4.53. The molecule has 2 rings (SSSR count). The van der Waals surface area contributed by atoms with Gasteiger partial charge in [-0.1, -0.05) is 6.07 Å². The van der Waals surface area contributed by atoms with E-state index in [2.05, 4.69) is 23.7 Å². The highest BCUT2D eigenvalue weighted by atomic mass is 16.2. The molecule has 0 bridgehead atoms. The molecule has 0 spiro atoms. The second-order valence-corrected chi connectivity index (χ2v) is 5.50. The Labute approximate surface area is 115 Å². The SMILES string of the molecule is Cc1ccc(CC(=O)N2CCN(C(C)C)CC2)cn1. The van der Waals surface area contributed by atoms with Gasteiger partial charge in [0.05, 0.1) is 6.42 Å². The van der Waals surface area contributed by atoms with E-state index >= 15 is 0 Å². The molecule has 2 heterocycles. The van der Waals surface area contributed by atoms with E-state index < -0.39 is 0 Å². The van der Waals surface area contributed by atoms with Crippen LogP contribution in [0.4, 0.5) is 0 Å². The van der Waals surface area contributed by atoms with E-state index in [-0.39, 0.29) is 5.91 Å². The molecule has 0 N–H and O–H groups in total. The van der Waals surface area contributed by atoms with E-state index in [0.29, 0.717) is 12.5 Å². The van der Waals surface area contributed by atoms with Crippen molar-refractivity contribution < 1.29 is 4.79 Å². The van der Waals surface area contributed by atoms with Gasteiger partial charge in [0, 0.05) is 44.1 Å². The third-order valence-electron chi connectivity index (χ3n) is 3.73. The molecule has 1 amide bonds. The van der Waals surface area contributed by atoms with Gasteiger partial charge in [0.15, 0.2) is 0 Å². The van der Waals surface area contributed by atoms with E-state index in [1.807, 2.05) is 24.0 Å². The molecule has 1 aliphatic rings. The first kappa shape index (κ1) is 14.0. The van der Waals surface area contributed by atoms with Gasteiger partial charge in [-0.15, -0.1) is 0 Å². The van der Waals surface area contributed by atoms with Crippen LogP contribution in [0.15, 0.2) is 18.3 Å². The number of aromatic nitrogens is 1. The summed E-state index contributed by atoms with van der Waals surface area (Å²) in [4.78, 5) is 20.8. The summed E-state index contributed by atoms with van der Waals surface area (Å²) in [5.74, 6) is 0.217. The zero-order valence-corrected chi connectivity index (χ0v) is 12.1. The van der Waals surface area contributed by atoms with Gasteiger partial charge >= 0.3 is 0 Å². The van der Waals surface area contributed by atoms with Gasteiger partial charge in [0.1, 0.15) is 0 Å². The number of piperazine rings is 1. The van der Waals surface area contributed by atoms with Gasteiger partial charge in [-0.05, 0) is 32.4 Å². The zero-order valence-electron chi connectivity index (χ0n) is 12.1. The van der Waals surface area contributed by atoms with Crippen molar-refractivity contribution in [3.05, 3.63) is 29.6 Å². The van der Waals surface area contributed by atoms with Gasteiger partial charge in [-0.3, -0.25) is 14.7 Å². The molecule has 0 saturated carbocycles. The summed E-state index contributed by atoms with van der Waals surface area (Å²) in [5, 5.41) is 0. The fraction of sp³-hybridized carbons (Fsp3) is 0.600. The number of hydrogen-bond acceptors (Lipinski definition) is 3. The fourth-order valence-electron chi connectivity index (χ4n) is 2.38. The van der Waals surface area contributed by atoms with Gasteiger partial charge in [0.2, 0.25) is 5.91 Å². The summed E-state index contributed by atoms with van der Waals surface area (Å²) in [7, 11) is 0. The van der Waals surface area contributed by atoms with Crippen molar-refractivity contribution in [2.75, 3.05) is 26.2 Å². The molecule has 1 aliphatic heterocycles. The van der Waals surface area contributed by atoms with Crippen molar-refractivity contribution in [3.8, 4) is 0 Å². The topological polar surface area (TPSA) is 36.4 Å². The summed E-state index contributed by atoms with van der Waals surface area (Å²) >= 11 is 0. The number of nitrogens with zero attached hydrogens (tertiary/aromatic N) is 3. The van der Waals surface area contributed by atoms with Crippen LogP contribution in [-0.2, 0) is 11.2 Å². The Morgan fingerprint density at radius 3 is 2.47 bits per heavy atom. The summed E-state index contributed by atoms with van der Waals surface area (Å²) in [6.07, 6.45) is 2.27. The Morgan fingerprint density at radius 2 is 1.95 bits per heavy atom. The highest BCUT2D eigenvalue weighted by molar-refractivity contribution is 5.78. The van der Waals surface area contributed by atoms with Crippen LogP contribution >= 0.6 is 0 Å². The average molecular weight is 261 g/mol. The maximum absolute atomic E-state index is 12.2. The number of rotatable bonds is 3. The zero-order chi connectivity index (χ0) is 13.8. The second kappa shape index (κ2) is 6.15. The molecule has 0 unspecified atom stereocenters. The maximum Gasteiger partial charge on any atom is 0.227 e. The molecule has 19 heavy (non-hydrogen) atoms. The van der Waals surface area contributed by atoms with Crippen LogP contribution in [0.25, 0.3) is 0 Å². The van der Waals surface area contributed by atoms with Crippen molar-refractivity contribution in [2.45, 2.75) is 33.2 Å². The highest BCUT2D eigenvalue weighted by Crippen LogP contribution is 2.09. The summed E-state index contributed by atoms with van der Waals surface area (Å²) in [6.45, 7) is 10.0. The van der Waals surface area contributed by atoms with Crippen LogP contribution in [0, 0.1) is 6.92 Å². The molecule has 0 aromatic carbocycles. The number of pyridine rings is 1. The minimum atomic E-state index is 0.217. The third-order valence-corrected chi connectivity index (χ3v) is 3.73. The highest BCUT2D eigenvalue weighted by Gasteiger charge is 2.22. The lowest BCUT2D eigenvalue weighted by atomic mass is 10.1. The maximum atomic E-state index is 12.2. The van der Waals surface area contributed by atoms with E-state index in [9.17, 15) is 4.79 Å². The molecule has 1 saturated heterocycles. The van der Waals surface area contributed by atoms with Crippen molar-refractivity contribution in [2.24, 2.45) is 0 Å². The molecule has 0 atom stereocenters. The van der Waals surface area contributed by atoms with Gasteiger partial charge in [0.25, 0.3) is 0 Å². The predicted octanol–water partition coefficient (Wildman–Crippen LogP) is 1.49. The van der Waals surface area contributed by atoms with E-state index in [1.54, 1.807) is 6.20 Å². The van der Waals surface area contributed by atoms with Crippen LogP contribution in [-0.4, -0.2) is 52.9 Å². The summed E-state index contributed by atoms with van der Waals surface area (Å²) in [5.41, 5.74) is 1.99. The Morgan fingerprint density at radius 1 is 1.26 bits per heavy atom. The van der Waals surface area contributed by atoms with E-state index in [1.165, 1.54) is 0 Å². The van der Waals surface area contributed by atoms with Crippen molar-refractivity contribution in [1.29, 1.82) is 0 Å². The van der Waals surface area contributed by atoms with Crippen molar-refractivity contribution >= 4 is 5.91 Å². The van der Waals surface area contributed by atoms with E-state index in [4.69, 9.17) is 0 Å². The Hall–Kier alpha value is -1.42. The Bertz CT molecular complexity index is 420. The van der Waals surface area contributed by atoms with Gasteiger partial charge < -0.3 is 4.90 Å². The number of aryl methyl sites for hydroxylation is 1. The van der Waals surface area contributed by atoms with Crippen LogP contribution in [0.2, 0.25) is 0 Å².